The summed E-state index contributed by atoms with van der Waals surface area (Å²) in [5, 5.41) is 4.17. The number of hydrogen-bond donors (Lipinski definition) is 1. The molecule has 2 heterocycles. The Morgan fingerprint density at radius 1 is 1.03 bits per heavy atom. The highest BCUT2D eigenvalue weighted by molar-refractivity contribution is 7.98. The van der Waals surface area contributed by atoms with Crippen molar-refractivity contribution >= 4 is 40.2 Å². The molecule has 1 aliphatic rings. The fourth-order valence-corrected chi connectivity index (χ4v) is 5.65. The largest absolute Gasteiger partial charge is 0.383 e. The van der Waals surface area contributed by atoms with Crippen LogP contribution in [-0.2, 0) is 16.6 Å². The molecule has 0 saturated heterocycles. The van der Waals surface area contributed by atoms with Crippen LogP contribution in [0.4, 0.5) is 5.69 Å². The number of aryl methyl sites for hydroxylation is 1. The lowest BCUT2D eigenvalue weighted by molar-refractivity contribution is -0.119. The molecule has 1 aliphatic heterocycles. The highest BCUT2D eigenvalue weighted by Crippen LogP contribution is 2.45. The molecule has 1 N–H and O–H groups in total. The first kappa shape index (κ1) is 24.2. The molecule has 0 unspecified atom stereocenters. The molecule has 1 aromatic heterocycles. The van der Waals surface area contributed by atoms with Gasteiger partial charge >= 0.3 is 0 Å². The minimum atomic E-state index is -0.598. The van der Waals surface area contributed by atoms with Crippen LogP contribution in [-0.4, -0.2) is 47.8 Å². The SMILES string of the molecule is COCCN1C(=O)c2ccccc2[C@H](C(=O)Nc2cccc(SC)c2)[C@H]1c1cn(C)c2ccccc12. The van der Waals surface area contributed by atoms with Gasteiger partial charge in [-0.15, -0.1) is 11.8 Å². The topological polar surface area (TPSA) is 63.6 Å². The molecule has 2 atom stereocenters. The third-order valence-electron chi connectivity index (χ3n) is 6.84. The Balaban J connectivity index is 1.68. The molecule has 0 bridgehead atoms. The number of benzene rings is 3. The maximum absolute atomic E-state index is 14.1. The summed E-state index contributed by atoms with van der Waals surface area (Å²) in [5.74, 6) is -0.831. The van der Waals surface area contributed by atoms with Gasteiger partial charge in [0.25, 0.3) is 5.91 Å². The van der Waals surface area contributed by atoms with Crippen molar-refractivity contribution in [2.45, 2.75) is 16.9 Å². The van der Waals surface area contributed by atoms with E-state index in [9.17, 15) is 9.59 Å². The second-order valence-electron chi connectivity index (χ2n) is 8.93. The van der Waals surface area contributed by atoms with Gasteiger partial charge in [-0.25, -0.2) is 0 Å². The number of ether oxygens (including phenoxy) is 1. The van der Waals surface area contributed by atoms with E-state index in [0.717, 1.165) is 32.6 Å². The lowest BCUT2D eigenvalue weighted by Crippen LogP contribution is -2.47. The smallest absolute Gasteiger partial charge is 0.254 e. The molecule has 0 saturated carbocycles. The molecule has 2 amide bonds. The van der Waals surface area contributed by atoms with Crippen molar-refractivity contribution < 1.29 is 14.3 Å². The number of carbonyl (C=O) groups excluding carboxylic acids is 2. The second-order valence-corrected chi connectivity index (χ2v) is 9.81. The van der Waals surface area contributed by atoms with E-state index in [1.165, 1.54) is 0 Å². The lowest BCUT2D eigenvalue weighted by Gasteiger charge is -2.41. The monoisotopic (exact) mass is 499 g/mol. The number of nitrogens with one attached hydrogen (secondary N) is 1. The van der Waals surface area contributed by atoms with Gasteiger partial charge in [0.1, 0.15) is 0 Å². The van der Waals surface area contributed by atoms with Gasteiger partial charge in [-0.05, 0) is 42.2 Å². The number of rotatable bonds is 7. The lowest BCUT2D eigenvalue weighted by atomic mass is 9.79. The third kappa shape index (κ3) is 4.29. The van der Waals surface area contributed by atoms with Crippen molar-refractivity contribution in [3.05, 3.63) is 95.7 Å². The Bertz CT molecular complexity index is 1430. The molecule has 0 spiro atoms. The van der Waals surface area contributed by atoms with Crippen LogP contribution in [0.1, 0.15) is 33.4 Å². The molecular weight excluding hydrogens is 470 g/mol. The second kappa shape index (κ2) is 10.2. The van der Waals surface area contributed by atoms with Gasteiger partial charge in [-0.3, -0.25) is 9.59 Å². The quantitative estimate of drug-likeness (QED) is 0.343. The Morgan fingerprint density at radius 3 is 2.61 bits per heavy atom. The summed E-state index contributed by atoms with van der Waals surface area (Å²) in [6, 6.07) is 22.9. The van der Waals surface area contributed by atoms with Crippen LogP contribution in [0, 0.1) is 0 Å². The fraction of sp³-hybridized carbons (Fsp3) is 0.241. The van der Waals surface area contributed by atoms with Crippen LogP contribution in [0.3, 0.4) is 0 Å². The molecule has 3 aromatic carbocycles. The summed E-state index contributed by atoms with van der Waals surface area (Å²) >= 11 is 1.62. The molecule has 5 rings (SSSR count). The molecule has 184 valence electrons. The number of methoxy groups -OCH3 is 1. The van der Waals surface area contributed by atoms with Gasteiger partial charge in [-0.1, -0.05) is 42.5 Å². The van der Waals surface area contributed by atoms with Crippen LogP contribution in [0.25, 0.3) is 10.9 Å². The molecule has 6 nitrogen and oxygen atoms in total. The van der Waals surface area contributed by atoms with Crippen molar-refractivity contribution in [3.8, 4) is 0 Å². The zero-order valence-electron chi connectivity index (χ0n) is 20.6. The fourth-order valence-electron chi connectivity index (χ4n) is 5.19. The van der Waals surface area contributed by atoms with Crippen LogP contribution in [0.15, 0.2) is 83.9 Å². The van der Waals surface area contributed by atoms with E-state index in [1.807, 2.05) is 80.2 Å². The predicted molar refractivity (Wildman–Crippen MR) is 145 cm³/mol. The van der Waals surface area contributed by atoms with Gasteiger partial charge < -0.3 is 19.5 Å². The van der Waals surface area contributed by atoms with E-state index < -0.39 is 12.0 Å². The summed E-state index contributed by atoms with van der Waals surface area (Å²) in [4.78, 5) is 30.7. The minimum Gasteiger partial charge on any atom is -0.383 e. The minimum absolute atomic E-state index is 0.0889. The Morgan fingerprint density at radius 2 is 1.81 bits per heavy atom. The van der Waals surface area contributed by atoms with Crippen LogP contribution >= 0.6 is 11.8 Å². The van der Waals surface area contributed by atoms with Gasteiger partial charge in [0, 0.05) is 59.5 Å². The number of anilines is 1. The van der Waals surface area contributed by atoms with Crippen LogP contribution < -0.4 is 5.32 Å². The highest BCUT2D eigenvalue weighted by atomic mass is 32.2. The van der Waals surface area contributed by atoms with E-state index in [4.69, 9.17) is 4.74 Å². The summed E-state index contributed by atoms with van der Waals surface area (Å²) in [7, 11) is 3.62. The summed E-state index contributed by atoms with van der Waals surface area (Å²) in [5.41, 5.74) is 4.04. The Labute approximate surface area is 215 Å². The molecule has 4 aromatic rings. The number of amides is 2. The summed E-state index contributed by atoms with van der Waals surface area (Å²) < 4.78 is 7.43. The van der Waals surface area contributed by atoms with Gasteiger partial charge in [0.05, 0.1) is 18.6 Å². The number of hydrogen-bond acceptors (Lipinski definition) is 4. The molecule has 7 heteroatoms. The van der Waals surface area contributed by atoms with Gasteiger partial charge in [0.2, 0.25) is 5.91 Å². The number of fused-ring (bicyclic) bond motifs is 2. The maximum Gasteiger partial charge on any atom is 0.254 e. The van der Waals surface area contributed by atoms with E-state index in [0.29, 0.717) is 18.7 Å². The number of thioether (sulfide) groups is 1. The highest BCUT2D eigenvalue weighted by Gasteiger charge is 2.45. The average molecular weight is 500 g/mol. The van der Waals surface area contributed by atoms with Gasteiger partial charge in [-0.2, -0.15) is 0 Å². The number of para-hydroxylation sites is 1. The predicted octanol–water partition coefficient (Wildman–Crippen LogP) is 5.47. The van der Waals surface area contributed by atoms with Crippen molar-refractivity contribution in [1.82, 2.24) is 9.47 Å². The van der Waals surface area contributed by atoms with E-state index in [2.05, 4.69) is 22.0 Å². The molecule has 0 aliphatic carbocycles. The zero-order chi connectivity index (χ0) is 25.2. The van der Waals surface area contributed by atoms with Crippen LogP contribution in [0.2, 0.25) is 0 Å². The van der Waals surface area contributed by atoms with Crippen LogP contribution in [0.5, 0.6) is 0 Å². The third-order valence-corrected chi connectivity index (χ3v) is 7.57. The van der Waals surface area contributed by atoms with Crippen molar-refractivity contribution in [2.24, 2.45) is 7.05 Å². The normalized spacial score (nSPS) is 17.3. The number of nitrogens with zero attached hydrogens (tertiary/aromatic N) is 2. The Hall–Kier alpha value is -3.55. The Kier molecular flexibility index (Phi) is 6.85. The van der Waals surface area contributed by atoms with Crippen molar-refractivity contribution in [2.75, 3.05) is 31.8 Å². The standard InChI is InChI=1S/C29H29N3O3S/c1-31-18-24(21-11-6-7-14-25(21)31)27-26(28(33)30-19-9-8-10-20(17-19)36-3)22-12-4-5-13-23(22)29(34)32(27)15-16-35-2/h4-14,17-18,26-27H,15-16H2,1-3H3,(H,30,33)/t26-,27+/m0/s1. The number of carbonyl (C=O) groups is 2. The summed E-state index contributed by atoms with van der Waals surface area (Å²) in [6.45, 7) is 0.753. The first-order valence-corrected chi connectivity index (χ1v) is 13.1. The maximum atomic E-state index is 14.1. The van der Waals surface area contributed by atoms with E-state index in [1.54, 1.807) is 23.8 Å². The molecule has 36 heavy (non-hydrogen) atoms. The first-order valence-electron chi connectivity index (χ1n) is 11.9. The average Bonchev–Trinajstić information content (AvgIpc) is 3.24. The molecule has 0 radical (unpaired) electrons. The van der Waals surface area contributed by atoms with Crippen molar-refractivity contribution in [1.29, 1.82) is 0 Å². The summed E-state index contributed by atoms with van der Waals surface area (Å²) in [6.07, 6.45) is 4.05. The van der Waals surface area contributed by atoms with E-state index >= 15 is 0 Å². The first-order chi connectivity index (χ1) is 17.5. The number of aromatic nitrogens is 1. The molecule has 0 fully saturated rings. The van der Waals surface area contributed by atoms with Gasteiger partial charge in [0.15, 0.2) is 0 Å². The van der Waals surface area contributed by atoms with Crippen molar-refractivity contribution in [3.63, 3.8) is 0 Å². The van der Waals surface area contributed by atoms with E-state index in [-0.39, 0.29) is 11.8 Å². The molecular formula is C29H29N3O3S. The zero-order valence-corrected chi connectivity index (χ0v) is 21.4.